The molecule has 1 atom stereocenters. The summed E-state index contributed by atoms with van der Waals surface area (Å²) in [7, 11) is 0. The van der Waals surface area contributed by atoms with Crippen molar-refractivity contribution in [2.75, 3.05) is 6.61 Å². The lowest BCUT2D eigenvalue weighted by atomic mass is 10.1. The van der Waals surface area contributed by atoms with Gasteiger partial charge in [0.2, 0.25) is 0 Å². The standard InChI is InChI=1S/C16H16N2O2S2/c1-2-20-16(19)12-6-5-11(21-12)9-3-4-10-8-14(15(17)18)22-13(10)7-9/h3-7,14H,2,8H2,1H3,(H3,17,18). The minimum absolute atomic E-state index is 0.0451. The molecule has 0 fully saturated rings. The third-order valence-electron chi connectivity index (χ3n) is 3.46. The first-order chi connectivity index (χ1) is 10.6. The van der Waals surface area contributed by atoms with Crippen LogP contribution in [0, 0.1) is 5.41 Å². The van der Waals surface area contributed by atoms with E-state index < -0.39 is 0 Å². The third kappa shape index (κ3) is 2.89. The highest BCUT2D eigenvalue weighted by atomic mass is 32.2. The Labute approximate surface area is 137 Å². The Kier molecular flexibility index (Phi) is 4.22. The number of thioether (sulfide) groups is 1. The van der Waals surface area contributed by atoms with Crippen LogP contribution in [0.1, 0.15) is 22.2 Å². The van der Waals surface area contributed by atoms with Gasteiger partial charge in [0.1, 0.15) is 10.7 Å². The SMILES string of the molecule is CCOC(=O)c1ccc(-c2ccc3c(c2)SC(C(=N)N)C3)s1. The molecule has 2 heterocycles. The molecule has 0 bridgehead atoms. The van der Waals surface area contributed by atoms with Gasteiger partial charge in [0.05, 0.1) is 11.9 Å². The molecule has 0 spiro atoms. The number of carbonyl (C=O) groups excluding carboxylic acids is 1. The molecule has 1 unspecified atom stereocenters. The van der Waals surface area contributed by atoms with Crippen molar-refractivity contribution >= 4 is 34.9 Å². The average Bonchev–Trinajstić information content (AvgIpc) is 3.13. The fraction of sp³-hybridized carbons (Fsp3) is 0.250. The Hall–Kier alpha value is -1.79. The molecule has 114 valence electrons. The Morgan fingerprint density at radius 1 is 1.41 bits per heavy atom. The second kappa shape index (κ2) is 6.14. The van der Waals surface area contributed by atoms with Gasteiger partial charge in [0.25, 0.3) is 0 Å². The predicted molar refractivity (Wildman–Crippen MR) is 91.0 cm³/mol. The van der Waals surface area contributed by atoms with Gasteiger partial charge in [-0.05, 0) is 42.7 Å². The molecule has 0 radical (unpaired) electrons. The molecule has 4 nitrogen and oxygen atoms in total. The summed E-state index contributed by atoms with van der Waals surface area (Å²) >= 11 is 3.07. The molecule has 2 aromatic rings. The zero-order chi connectivity index (χ0) is 15.7. The number of ether oxygens (including phenoxy) is 1. The second-order valence-electron chi connectivity index (χ2n) is 4.97. The number of rotatable bonds is 4. The summed E-state index contributed by atoms with van der Waals surface area (Å²) in [5, 5.41) is 7.63. The second-order valence-corrected chi connectivity index (χ2v) is 7.30. The maximum absolute atomic E-state index is 11.7. The Morgan fingerprint density at radius 2 is 2.23 bits per heavy atom. The molecule has 1 aliphatic rings. The molecule has 1 aromatic heterocycles. The van der Waals surface area contributed by atoms with Crippen LogP contribution in [0.2, 0.25) is 0 Å². The minimum atomic E-state index is -0.272. The lowest BCUT2D eigenvalue weighted by Gasteiger charge is -2.03. The monoisotopic (exact) mass is 332 g/mol. The van der Waals surface area contributed by atoms with E-state index in [0.717, 1.165) is 16.9 Å². The summed E-state index contributed by atoms with van der Waals surface area (Å²) in [6.07, 6.45) is 0.814. The van der Waals surface area contributed by atoms with E-state index in [2.05, 4.69) is 18.2 Å². The molecule has 3 rings (SSSR count). The van der Waals surface area contributed by atoms with E-state index in [9.17, 15) is 4.79 Å². The summed E-state index contributed by atoms with van der Waals surface area (Å²) in [5.74, 6) is -0.0469. The first-order valence-electron chi connectivity index (χ1n) is 6.99. The molecule has 0 saturated heterocycles. The van der Waals surface area contributed by atoms with Crippen LogP contribution in [0.25, 0.3) is 10.4 Å². The molecule has 3 N–H and O–H groups in total. The van der Waals surface area contributed by atoms with Crippen molar-refractivity contribution in [3.8, 4) is 10.4 Å². The molecular formula is C16H16N2O2S2. The topological polar surface area (TPSA) is 76.2 Å². The number of benzene rings is 1. The summed E-state index contributed by atoms with van der Waals surface area (Å²) in [6.45, 7) is 2.18. The van der Waals surface area contributed by atoms with E-state index >= 15 is 0 Å². The van der Waals surface area contributed by atoms with Gasteiger partial charge in [-0.25, -0.2) is 4.79 Å². The molecule has 0 amide bonds. The van der Waals surface area contributed by atoms with Gasteiger partial charge >= 0.3 is 5.97 Å². The fourth-order valence-corrected chi connectivity index (χ4v) is 4.45. The van der Waals surface area contributed by atoms with Gasteiger partial charge in [0, 0.05) is 9.77 Å². The van der Waals surface area contributed by atoms with Crippen LogP contribution in [0.5, 0.6) is 0 Å². The summed E-state index contributed by atoms with van der Waals surface area (Å²) < 4.78 is 5.02. The van der Waals surface area contributed by atoms with Gasteiger partial charge in [-0.2, -0.15) is 0 Å². The highest BCUT2D eigenvalue weighted by Crippen LogP contribution is 2.40. The van der Waals surface area contributed by atoms with Crippen molar-refractivity contribution in [3.63, 3.8) is 0 Å². The quantitative estimate of drug-likeness (QED) is 0.510. The number of hydrogen-bond donors (Lipinski definition) is 2. The summed E-state index contributed by atoms with van der Waals surface area (Å²) in [4.78, 5) is 14.6. The average molecular weight is 332 g/mol. The van der Waals surface area contributed by atoms with Gasteiger partial charge in [-0.3, -0.25) is 5.41 Å². The fourth-order valence-electron chi connectivity index (χ4n) is 2.36. The minimum Gasteiger partial charge on any atom is -0.462 e. The number of carbonyl (C=O) groups is 1. The first kappa shape index (κ1) is 15.1. The van der Waals surface area contributed by atoms with Gasteiger partial charge < -0.3 is 10.5 Å². The summed E-state index contributed by atoms with van der Waals surface area (Å²) in [5.41, 5.74) is 7.92. The Bertz CT molecular complexity index is 739. The molecule has 1 aliphatic heterocycles. The number of nitrogens with one attached hydrogen (secondary N) is 1. The van der Waals surface area contributed by atoms with Crippen LogP contribution in [0.4, 0.5) is 0 Å². The van der Waals surface area contributed by atoms with Crippen LogP contribution < -0.4 is 5.73 Å². The maximum Gasteiger partial charge on any atom is 0.348 e. The van der Waals surface area contributed by atoms with Gasteiger partial charge in [-0.15, -0.1) is 23.1 Å². The van der Waals surface area contributed by atoms with E-state index in [1.807, 2.05) is 6.07 Å². The van der Waals surface area contributed by atoms with E-state index in [0.29, 0.717) is 11.5 Å². The van der Waals surface area contributed by atoms with Gasteiger partial charge in [-0.1, -0.05) is 12.1 Å². The van der Waals surface area contributed by atoms with Crippen molar-refractivity contribution in [3.05, 3.63) is 40.8 Å². The normalized spacial score (nSPS) is 16.3. The summed E-state index contributed by atoms with van der Waals surface area (Å²) in [6, 6.07) is 10.0. The largest absolute Gasteiger partial charge is 0.462 e. The Balaban J connectivity index is 1.84. The van der Waals surface area contributed by atoms with Crippen molar-refractivity contribution in [1.29, 1.82) is 5.41 Å². The van der Waals surface area contributed by atoms with Crippen LogP contribution >= 0.6 is 23.1 Å². The maximum atomic E-state index is 11.7. The number of amidine groups is 1. The van der Waals surface area contributed by atoms with Crippen LogP contribution in [-0.2, 0) is 11.2 Å². The zero-order valence-electron chi connectivity index (χ0n) is 12.1. The van der Waals surface area contributed by atoms with Crippen molar-refractivity contribution in [2.45, 2.75) is 23.5 Å². The number of hydrogen-bond acceptors (Lipinski definition) is 5. The van der Waals surface area contributed by atoms with E-state index in [-0.39, 0.29) is 17.1 Å². The van der Waals surface area contributed by atoms with Crippen LogP contribution in [-0.4, -0.2) is 23.7 Å². The van der Waals surface area contributed by atoms with Crippen molar-refractivity contribution in [1.82, 2.24) is 0 Å². The lowest BCUT2D eigenvalue weighted by Crippen LogP contribution is -2.24. The molecule has 22 heavy (non-hydrogen) atoms. The number of esters is 1. The van der Waals surface area contributed by atoms with Crippen molar-refractivity contribution < 1.29 is 9.53 Å². The molecular weight excluding hydrogens is 316 g/mol. The Morgan fingerprint density at radius 3 is 2.95 bits per heavy atom. The van der Waals surface area contributed by atoms with Crippen molar-refractivity contribution in [2.24, 2.45) is 5.73 Å². The third-order valence-corrected chi connectivity index (χ3v) is 5.91. The van der Waals surface area contributed by atoms with E-state index in [1.165, 1.54) is 21.8 Å². The highest BCUT2D eigenvalue weighted by molar-refractivity contribution is 8.01. The van der Waals surface area contributed by atoms with Crippen LogP contribution in [0.15, 0.2) is 35.2 Å². The molecule has 1 aromatic carbocycles. The number of thiophene rings is 1. The molecule has 0 aliphatic carbocycles. The zero-order valence-corrected chi connectivity index (χ0v) is 13.7. The number of nitrogens with two attached hydrogens (primary N) is 1. The molecule has 0 saturated carbocycles. The number of fused-ring (bicyclic) bond motifs is 1. The smallest absolute Gasteiger partial charge is 0.348 e. The predicted octanol–water partition coefficient (Wildman–Crippen LogP) is 3.54. The van der Waals surface area contributed by atoms with E-state index in [4.69, 9.17) is 15.9 Å². The highest BCUT2D eigenvalue weighted by Gasteiger charge is 2.25. The van der Waals surface area contributed by atoms with Gasteiger partial charge in [0.15, 0.2) is 0 Å². The lowest BCUT2D eigenvalue weighted by molar-refractivity contribution is 0.0532. The van der Waals surface area contributed by atoms with E-state index in [1.54, 1.807) is 24.8 Å². The molecule has 6 heteroatoms. The van der Waals surface area contributed by atoms with Crippen LogP contribution in [0.3, 0.4) is 0 Å². The first-order valence-corrected chi connectivity index (χ1v) is 8.69.